The number of hydrogen-bond acceptors (Lipinski definition) is 4. The zero-order valence-electron chi connectivity index (χ0n) is 10.9. The van der Waals surface area contributed by atoms with E-state index in [1.54, 1.807) is 10.6 Å². The van der Waals surface area contributed by atoms with Gasteiger partial charge < -0.3 is 9.73 Å². The van der Waals surface area contributed by atoms with Crippen molar-refractivity contribution in [2.45, 2.75) is 43.5 Å². The van der Waals surface area contributed by atoms with Gasteiger partial charge in [-0.1, -0.05) is 0 Å². The number of piperidine rings is 1. The highest BCUT2D eigenvalue weighted by Gasteiger charge is 2.41. The number of furan rings is 1. The number of rotatable bonds is 5. The SMILES string of the molecule is O=S(=O)(C1CC1)N1CCC(NCc2ccco2)CC1. The smallest absolute Gasteiger partial charge is 0.216 e. The Kier molecular flexibility index (Phi) is 3.64. The molecule has 106 valence electrons. The van der Waals surface area contributed by atoms with Crippen LogP contribution >= 0.6 is 0 Å². The molecule has 6 heteroatoms. The van der Waals surface area contributed by atoms with E-state index in [1.165, 1.54) is 0 Å². The summed E-state index contributed by atoms with van der Waals surface area (Å²) in [6, 6.07) is 4.21. The first-order valence-electron chi connectivity index (χ1n) is 6.91. The summed E-state index contributed by atoms with van der Waals surface area (Å²) in [5, 5.41) is 3.34. The van der Waals surface area contributed by atoms with Gasteiger partial charge in [0.05, 0.1) is 18.1 Å². The lowest BCUT2D eigenvalue weighted by Crippen LogP contribution is -2.45. The molecule has 3 rings (SSSR count). The Balaban J connectivity index is 1.47. The minimum absolute atomic E-state index is 0.0832. The monoisotopic (exact) mass is 284 g/mol. The highest BCUT2D eigenvalue weighted by atomic mass is 32.2. The standard InChI is InChI=1S/C13H20N2O3S/c16-19(17,13-3-4-13)15-7-5-11(6-8-15)14-10-12-2-1-9-18-12/h1-2,9,11,13-14H,3-8,10H2. The second-order valence-electron chi connectivity index (χ2n) is 5.38. The van der Waals surface area contributed by atoms with E-state index < -0.39 is 10.0 Å². The number of nitrogens with one attached hydrogen (secondary N) is 1. The van der Waals surface area contributed by atoms with Crippen LogP contribution in [0.2, 0.25) is 0 Å². The van der Waals surface area contributed by atoms with Crippen molar-refractivity contribution >= 4 is 10.0 Å². The number of nitrogens with zero attached hydrogens (tertiary/aromatic N) is 1. The maximum atomic E-state index is 12.1. The summed E-state index contributed by atoms with van der Waals surface area (Å²) in [6.07, 6.45) is 5.12. The van der Waals surface area contributed by atoms with Crippen molar-refractivity contribution in [2.24, 2.45) is 0 Å². The van der Waals surface area contributed by atoms with Crippen molar-refractivity contribution in [3.05, 3.63) is 24.2 Å². The van der Waals surface area contributed by atoms with Gasteiger partial charge in [0.1, 0.15) is 5.76 Å². The van der Waals surface area contributed by atoms with Gasteiger partial charge in [-0.15, -0.1) is 0 Å². The molecule has 0 radical (unpaired) electrons. The Morgan fingerprint density at radius 3 is 2.58 bits per heavy atom. The molecule has 0 aromatic carbocycles. The topological polar surface area (TPSA) is 62.6 Å². The van der Waals surface area contributed by atoms with E-state index in [9.17, 15) is 8.42 Å². The number of hydrogen-bond donors (Lipinski definition) is 1. The quantitative estimate of drug-likeness (QED) is 0.886. The first-order chi connectivity index (χ1) is 9.16. The normalized spacial score (nSPS) is 22.7. The van der Waals surface area contributed by atoms with Gasteiger partial charge in [0, 0.05) is 19.1 Å². The van der Waals surface area contributed by atoms with Gasteiger partial charge in [-0.3, -0.25) is 0 Å². The first kappa shape index (κ1) is 13.1. The van der Waals surface area contributed by atoms with Crippen molar-refractivity contribution in [3.8, 4) is 0 Å². The van der Waals surface area contributed by atoms with Crippen molar-refractivity contribution in [1.82, 2.24) is 9.62 Å². The van der Waals surface area contributed by atoms with Crippen LogP contribution in [0.15, 0.2) is 22.8 Å². The van der Waals surface area contributed by atoms with Crippen LogP contribution in [0.5, 0.6) is 0 Å². The molecule has 1 saturated heterocycles. The molecule has 1 aliphatic heterocycles. The predicted octanol–water partition coefficient (Wildman–Crippen LogP) is 1.33. The zero-order valence-corrected chi connectivity index (χ0v) is 11.7. The average Bonchev–Trinajstić information content (AvgIpc) is 3.16. The molecule has 0 spiro atoms. The van der Waals surface area contributed by atoms with Crippen LogP contribution in [-0.4, -0.2) is 37.1 Å². The molecule has 1 aliphatic carbocycles. The second kappa shape index (κ2) is 5.26. The van der Waals surface area contributed by atoms with Crippen LogP contribution in [0.4, 0.5) is 0 Å². The minimum Gasteiger partial charge on any atom is -0.468 e. The van der Waals surface area contributed by atoms with Crippen molar-refractivity contribution in [3.63, 3.8) is 0 Å². The first-order valence-corrected chi connectivity index (χ1v) is 8.41. The summed E-state index contributed by atoms with van der Waals surface area (Å²) in [4.78, 5) is 0. The molecule has 1 aromatic rings. The van der Waals surface area contributed by atoms with E-state index >= 15 is 0 Å². The lowest BCUT2D eigenvalue weighted by Gasteiger charge is -2.31. The summed E-state index contributed by atoms with van der Waals surface area (Å²) >= 11 is 0. The summed E-state index contributed by atoms with van der Waals surface area (Å²) in [5.41, 5.74) is 0. The Morgan fingerprint density at radius 2 is 2.00 bits per heavy atom. The summed E-state index contributed by atoms with van der Waals surface area (Å²) in [6.45, 7) is 2.01. The fraction of sp³-hybridized carbons (Fsp3) is 0.692. The number of sulfonamides is 1. The molecular weight excluding hydrogens is 264 g/mol. The maximum absolute atomic E-state index is 12.1. The molecule has 2 aliphatic rings. The van der Waals surface area contributed by atoms with E-state index in [0.29, 0.717) is 25.7 Å². The van der Waals surface area contributed by atoms with Crippen LogP contribution in [-0.2, 0) is 16.6 Å². The van der Waals surface area contributed by atoms with Gasteiger partial charge in [0.25, 0.3) is 0 Å². The Morgan fingerprint density at radius 1 is 1.26 bits per heavy atom. The third kappa shape index (κ3) is 3.01. The summed E-state index contributed by atoms with van der Waals surface area (Å²) < 4.78 is 31.1. The molecule has 1 N–H and O–H groups in total. The van der Waals surface area contributed by atoms with Gasteiger partial charge in [-0.25, -0.2) is 12.7 Å². The second-order valence-corrected chi connectivity index (χ2v) is 7.59. The molecule has 0 atom stereocenters. The molecule has 0 amide bonds. The molecule has 1 aromatic heterocycles. The molecule has 0 unspecified atom stereocenters. The third-order valence-corrected chi connectivity index (χ3v) is 6.30. The highest BCUT2D eigenvalue weighted by molar-refractivity contribution is 7.90. The van der Waals surface area contributed by atoms with Gasteiger partial charge in [0.2, 0.25) is 10.0 Å². The Hall–Kier alpha value is -0.850. The third-order valence-electron chi connectivity index (χ3n) is 3.90. The predicted molar refractivity (Wildman–Crippen MR) is 72.1 cm³/mol. The van der Waals surface area contributed by atoms with Crippen molar-refractivity contribution in [1.29, 1.82) is 0 Å². The van der Waals surface area contributed by atoms with Gasteiger partial charge in [0.15, 0.2) is 0 Å². The van der Waals surface area contributed by atoms with E-state index in [1.807, 2.05) is 12.1 Å². The van der Waals surface area contributed by atoms with E-state index in [2.05, 4.69) is 5.32 Å². The van der Waals surface area contributed by atoms with Crippen LogP contribution < -0.4 is 5.32 Å². The molecule has 19 heavy (non-hydrogen) atoms. The molecule has 2 fully saturated rings. The lowest BCUT2D eigenvalue weighted by molar-refractivity contribution is 0.283. The zero-order chi connectivity index (χ0) is 13.3. The fourth-order valence-corrected chi connectivity index (χ4v) is 4.42. The highest BCUT2D eigenvalue weighted by Crippen LogP contribution is 2.32. The average molecular weight is 284 g/mol. The molecular formula is C13H20N2O3S. The van der Waals surface area contributed by atoms with Crippen molar-refractivity contribution in [2.75, 3.05) is 13.1 Å². The van der Waals surface area contributed by atoms with Crippen molar-refractivity contribution < 1.29 is 12.8 Å². The van der Waals surface area contributed by atoms with Crippen LogP contribution in [0.1, 0.15) is 31.4 Å². The van der Waals surface area contributed by atoms with E-state index in [-0.39, 0.29) is 5.25 Å². The van der Waals surface area contributed by atoms with Crippen LogP contribution in [0.3, 0.4) is 0 Å². The Bertz CT molecular complexity index is 500. The lowest BCUT2D eigenvalue weighted by atomic mass is 10.1. The van der Waals surface area contributed by atoms with Gasteiger partial charge in [-0.05, 0) is 37.8 Å². The molecule has 0 bridgehead atoms. The Labute approximate surface area is 114 Å². The largest absolute Gasteiger partial charge is 0.468 e. The minimum atomic E-state index is -2.98. The fourth-order valence-electron chi connectivity index (χ4n) is 2.55. The van der Waals surface area contributed by atoms with Crippen LogP contribution in [0.25, 0.3) is 0 Å². The van der Waals surface area contributed by atoms with Gasteiger partial charge in [-0.2, -0.15) is 0 Å². The van der Waals surface area contributed by atoms with Gasteiger partial charge >= 0.3 is 0 Å². The van der Waals surface area contributed by atoms with E-state index in [0.717, 1.165) is 31.4 Å². The summed E-state index contributed by atoms with van der Waals surface area (Å²) in [7, 11) is -2.98. The van der Waals surface area contributed by atoms with E-state index in [4.69, 9.17) is 4.42 Å². The molecule has 5 nitrogen and oxygen atoms in total. The maximum Gasteiger partial charge on any atom is 0.216 e. The molecule has 2 heterocycles. The van der Waals surface area contributed by atoms with Crippen LogP contribution in [0, 0.1) is 0 Å². The summed E-state index contributed by atoms with van der Waals surface area (Å²) in [5.74, 6) is 0.924. The molecule has 1 saturated carbocycles.